The molecule has 1 aliphatic heterocycles. The van der Waals surface area contributed by atoms with Crippen LogP contribution in [-0.4, -0.2) is 49.3 Å². The Labute approximate surface area is 150 Å². The zero-order chi connectivity index (χ0) is 18.7. The van der Waals surface area contributed by atoms with Crippen LogP contribution < -0.4 is 4.90 Å². The molecule has 1 aromatic heterocycles. The van der Waals surface area contributed by atoms with Crippen molar-refractivity contribution in [2.45, 2.75) is 0 Å². The molecule has 0 saturated carbocycles. The van der Waals surface area contributed by atoms with Crippen molar-refractivity contribution in [3.8, 4) is 11.1 Å². The van der Waals surface area contributed by atoms with E-state index in [0.29, 0.717) is 5.69 Å². The van der Waals surface area contributed by atoms with Crippen molar-refractivity contribution < 1.29 is 23.8 Å². The average Bonchev–Trinajstić information content (AvgIpc) is 3.12. The lowest BCUT2D eigenvalue weighted by Crippen LogP contribution is -2.38. The number of carbonyl (C=O) groups is 2. The highest BCUT2D eigenvalue weighted by Gasteiger charge is 2.32. The van der Waals surface area contributed by atoms with Gasteiger partial charge in [0.05, 0.1) is 32.6 Å². The predicted octanol–water partition coefficient (Wildman–Crippen LogP) is 1.48. The lowest BCUT2D eigenvalue weighted by molar-refractivity contribution is -0.140. The zero-order valence-corrected chi connectivity index (χ0v) is 14.8. The fourth-order valence-electron chi connectivity index (χ4n) is 2.75. The van der Waals surface area contributed by atoms with Crippen LogP contribution in [0.4, 0.5) is 5.69 Å². The highest BCUT2D eigenvalue weighted by atomic mass is 16.5. The minimum Gasteiger partial charge on any atom is -0.466 e. The number of anilines is 1. The fourth-order valence-corrected chi connectivity index (χ4v) is 2.75. The SMILES string of the molecule is COC(=O)C1=C(C(=O)OC)N(c2ccc(-c3cnn(C)c3)cc2)COC1. The highest BCUT2D eigenvalue weighted by Crippen LogP contribution is 2.29. The van der Waals surface area contributed by atoms with Crippen molar-refractivity contribution in [3.63, 3.8) is 0 Å². The van der Waals surface area contributed by atoms with E-state index in [0.717, 1.165) is 11.1 Å². The summed E-state index contributed by atoms with van der Waals surface area (Å²) in [5.74, 6) is -1.24. The number of ether oxygens (including phenoxy) is 3. The van der Waals surface area contributed by atoms with E-state index in [1.165, 1.54) is 14.2 Å². The monoisotopic (exact) mass is 357 g/mol. The second kappa shape index (κ2) is 7.40. The van der Waals surface area contributed by atoms with Crippen LogP contribution in [0.15, 0.2) is 47.9 Å². The highest BCUT2D eigenvalue weighted by molar-refractivity contribution is 6.03. The first-order valence-corrected chi connectivity index (χ1v) is 7.89. The third kappa shape index (κ3) is 3.31. The number of rotatable bonds is 4. The van der Waals surface area contributed by atoms with E-state index in [1.54, 1.807) is 15.8 Å². The Morgan fingerprint density at radius 1 is 1.08 bits per heavy atom. The van der Waals surface area contributed by atoms with Crippen LogP contribution in [0.3, 0.4) is 0 Å². The number of esters is 2. The number of aromatic nitrogens is 2. The number of hydrogen-bond acceptors (Lipinski definition) is 7. The quantitative estimate of drug-likeness (QED) is 0.767. The topological polar surface area (TPSA) is 82.9 Å². The molecule has 0 bridgehead atoms. The van der Waals surface area contributed by atoms with Gasteiger partial charge in [-0.05, 0) is 17.7 Å². The molecule has 8 nitrogen and oxygen atoms in total. The van der Waals surface area contributed by atoms with Gasteiger partial charge in [-0.3, -0.25) is 4.68 Å². The lowest BCUT2D eigenvalue weighted by Gasteiger charge is -2.31. The number of benzene rings is 1. The number of aryl methyl sites for hydroxylation is 1. The molecule has 26 heavy (non-hydrogen) atoms. The van der Waals surface area contributed by atoms with Crippen molar-refractivity contribution in [3.05, 3.63) is 47.9 Å². The Morgan fingerprint density at radius 3 is 2.35 bits per heavy atom. The molecule has 0 fully saturated rings. The van der Waals surface area contributed by atoms with E-state index in [-0.39, 0.29) is 24.6 Å². The van der Waals surface area contributed by atoms with Gasteiger partial charge in [0.15, 0.2) is 0 Å². The molecule has 0 radical (unpaired) electrons. The lowest BCUT2D eigenvalue weighted by atomic mass is 10.1. The summed E-state index contributed by atoms with van der Waals surface area (Å²) in [6.45, 7) is 0.110. The fraction of sp³-hybridized carbons (Fsp3) is 0.278. The maximum absolute atomic E-state index is 12.3. The van der Waals surface area contributed by atoms with Gasteiger partial charge in [0, 0.05) is 24.5 Å². The Morgan fingerprint density at radius 2 is 1.77 bits per heavy atom. The molecule has 0 N–H and O–H groups in total. The minimum atomic E-state index is -0.623. The minimum absolute atomic E-state index is 0.0125. The van der Waals surface area contributed by atoms with Gasteiger partial charge in [0.2, 0.25) is 0 Å². The summed E-state index contributed by atoms with van der Waals surface area (Å²) in [6, 6.07) is 7.50. The van der Waals surface area contributed by atoms with Gasteiger partial charge >= 0.3 is 11.9 Å². The molecule has 0 amide bonds. The van der Waals surface area contributed by atoms with Crippen LogP contribution in [0.2, 0.25) is 0 Å². The van der Waals surface area contributed by atoms with Gasteiger partial charge in [0.1, 0.15) is 12.4 Å². The second-order valence-corrected chi connectivity index (χ2v) is 5.67. The van der Waals surface area contributed by atoms with Gasteiger partial charge in [-0.2, -0.15) is 5.10 Å². The molecule has 2 heterocycles. The van der Waals surface area contributed by atoms with Crippen LogP contribution in [-0.2, 0) is 30.8 Å². The van der Waals surface area contributed by atoms with E-state index in [2.05, 4.69) is 5.10 Å². The number of carbonyl (C=O) groups excluding carboxylic acids is 2. The van der Waals surface area contributed by atoms with E-state index in [9.17, 15) is 9.59 Å². The number of methoxy groups -OCH3 is 2. The maximum Gasteiger partial charge on any atom is 0.355 e. The number of hydrogen-bond donors (Lipinski definition) is 0. The molecule has 3 rings (SSSR count). The molecule has 0 unspecified atom stereocenters. The Kier molecular flexibility index (Phi) is 5.04. The summed E-state index contributed by atoms with van der Waals surface area (Å²) in [4.78, 5) is 25.9. The molecule has 0 spiro atoms. The predicted molar refractivity (Wildman–Crippen MR) is 93.0 cm³/mol. The van der Waals surface area contributed by atoms with Crippen molar-refractivity contribution >= 4 is 17.6 Å². The van der Waals surface area contributed by atoms with E-state index >= 15 is 0 Å². The van der Waals surface area contributed by atoms with Crippen LogP contribution in [0, 0.1) is 0 Å². The summed E-state index contributed by atoms with van der Waals surface area (Å²) in [5.41, 5.74) is 2.91. The van der Waals surface area contributed by atoms with E-state index in [1.807, 2.05) is 37.5 Å². The molecular formula is C18H19N3O5. The van der Waals surface area contributed by atoms with Gasteiger partial charge in [-0.1, -0.05) is 12.1 Å². The molecule has 136 valence electrons. The van der Waals surface area contributed by atoms with Crippen LogP contribution in [0.1, 0.15) is 0 Å². The largest absolute Gasteiger partial charge is 0.466 e. The standard InChI is InChI=1S/C18H19N3O5/c1-20-9-13(8-19-20)12-4-6-14(7-5-12)21-11-26-10-15(17(22)24-2)16(21)18(23)25-3/h4-9H,10-11H2,1-3H3. The first-order chi connectivity index (χ1) is 12.5. The van der Waals surface area contributed by atoms with E-state index in [4.69, 9.17) is 14.2 Å². The Hall–Kier alpha value is -3.13. The van der Waals surface area contributed by atoms with Crippen molar-refractivity contribution in [2.24, 2.45) is 7.05 Å². The zero-order valence-electron chi connectivity index (χ0n) is 14.8. The molecular weight excluding hydrogens is 338 g/mol. The van der Waals surface area contributed by atoms with Crippen molar-refractivity contribution in [2.75, 3.05) is 32.5 Å². The van der Waals surface area contributed by atoms with Gasteiger partial charge in [-0.25, -0.2) is 9.59 Å². The van der Waals surface area contributed by atoms with Crippen molar-refractivity contribution in [1.29, 1.82) is 0 Å². The Bertz CT molecular complexity index is 854. The molecule has 8 heteroatoms. The summed E-state index contributed by atoms with van der Waals surface area (Å²) < 4.78 is 16.8. The van der Waals surface area contributed by atoms with Gasteiger partial charge in [0.25, 0.3) is 0 Å². The molecule has 0 atom stereocenters. The summed E-state index contributed by atoms with van der Waals surface area (Å²) >= 11 is 0. The van der Waals surface area contributed by atoms with E-state index < -0.39 is 11.9 Å². The second-order valence-electron chi connectivity index (χ2n) is 5.67. The summed E-state index contributed by atoms with van der Waals surface area (Å²) in [6.07, 6.45) is 3.68. The summed E-state index contributed by atoms with van der Waals surface area (Å²) in [5, 5.41) is 4.16. The average molecular weight is 357 g/mol. The number of nitrogens with zero attached hydrogens (tertiary/aromatic N) is 3. The Balaban J connectivity index is 1.98. The van der Waals surface area contributed by atoms with Crippen LogP contribution >= 0.6 is 0 Å². The molecule has 2 aromatic rings. The van der Waals surface area contributed by atoms with Crippen molar-refractivity contribution in [1.82, 2.24) is 9.78 Å². The molecule has 1 aromatic carbocycles. The first kappa shape index (κ1) is 17.7. The van der Waals surface area contributed by atoms with Gasteiger partial charge < -0.3 is 19.1 Å². The third-order valence-corrected chi connectivity index (χ3v) is 4.05. The normalized spacial score (nSPS) is 14.3. The first-order valence-electron chi connectivity index (χ1n) is 7.89. The smallest absolute Gasteiger partial charge is 0.355 e. The van der Waals surface area contributed by atoms with Crippen LogP contribution in [0.5, 0.6) is 0 Å². The molecule has 0 saturated heterocycles. The van der Waals surface area contributed by atoms with Crippen LogP contribution in [0.25, 0.3) is 11.1 Å². The maximum atomic E-state index is 12.3. The molecule has 0 aliphatic carbocycles. The summed E-state index contributed by atoms with van der Waals surface area (Å²) in [7, 11) is 4.37. The molecule has 1 aliphatic rings. The van der Waals surface area contributed by atoms with Gasteiger partial charge in [-0.15, -0.1) is 0 Å². The third-order valence-electron chi connectivity index (χ3n) is 4.05.